The van der Waals surface area contributed by atoms with Gasteiger partial charge in [-0.15, -0.1) is 5.10 Å². The first kappa shape index (κ1) is 21.2. The standard InChI is InChI=1S/C20H22FN5O4S/c1-14-4-3-9-25(12-14)31(28,29)17-7-8-18-19(11-17)26(24-23-18)30-13-20(27)22-16-6-2-5-15(21)10-16/h2,5-8,10-11,14H,3-4,9,12-13H2,1H3,(H,22,27). The molecule has 1 aliphatic rings. The Labute approximate surface area is 178 Å². The van der Waals surface area contributed by atoms with Crippen molar-refractivity contribution >= 4 is 32.7 Å². The summed E-state index contributed by atoms with van der Waals surface area (Å²) < 4.78 is 40.8. The molecule has 9 nitrogen and oxygen atoms in total. The Kier molecular flexibility index (Phi) is 5.88. The van der Waals surface area contributed by atoms with Crippen molar-refractivity contribution in [1.29, 1.82) is 0 Å². The van der Waals surface area contributed by atoms with Gasteiger partial charge in [0.15, 0.2) is 6.61 Å². The van der Waals surface area contributed by atoms with Crippen LogP contribution < -0.4 is 10.2 Å². The number of aromatic nitrogens is 3. The molecule has 1 saturated heterocycles. The first-order chi connectivity index (χ1) is 14.8. The summed E-state index contributed by atoms with van der Waals surface area (Å²) in [4.78, 5) is 18.6. The van der Waals surface area contributed by atoms with Gasteiger partial charge in [0.25, 0.3) is 5.91 Å². The lowest BCUT2D eigenvalue weighted by atomic mass is 10.0. The maximum atomic E-state index is 13.2. The van der Waals surface area contributed by atoms with Crippen LogP contribution in [0, 0.1) is 11.7 Å². The number of anilines is 1. The molecule has 0 aliphatic carbocycles. The molecule has 0 radical (unpaired) electrons. The van der Waals surface area contributed by atoms with E-state index < -0.39 is 28.4 Å². The summed E-state index contributed by atoms with van der Waals surface area (Å²) in [7, 11) is -3.66. The van der Waals surface area contributed by atoms with Crippen molar-refractivity contribution < 1.29 is 22.4 Å². The highest BCUT2D eigenvalue weighted by Gasteiger charge is 2.29. The Morgan fingerprint density at radius 1 is 1.29 bits per heavy atom. The van der Waals surface area contributed by atoms with Crippen molar-refractivity contribution in [1.82, 2.24) is 19.5 Å². The SMILES string of the molecule is CC1CCCN(S(=O)(=O)c2ccc3nnn(OCC(=O)Nc4cccc(F)c4)c3c2)C1. The highest BCUT2D eigenvalue weighted by molar-refractivity contribution is 7.89. The van der Waals surface area contributed by atoms with E-state index in [-0.39, 0.29) is 4.90 Å². The monoisotopic (exact) mass is 447 g/mol. The molecule has 2 heterocycles. The van der Waals surface area contributed by atoms with Gasteiger partial charge in [0.1, 0.15) is 16.9 Å². The minimum atomic E-state index is -3.66. The van der Waals surface area contributed by atoms with Crippen molar-refractivity contribution in [3.05, 3.63) is 48.3 Å². The largest absolute Gasteiger partial charge is 0.385 e. The van der Waals surface area contributed by atoms with Gasteiger partial charge in [-0.25, -0.2) is 12.8 Å². The zero-order chi connectivity index (χ0) is 22.0. The Hall–Kier alpha value is -3.05. The fourth-order valence-electron chi connectivity index (χ4n) is 3.53. The quantitative estimate of drug-likeness (QED) is 0.620. The number of fused-ring (bicyclic) bond motifs is 1. The molecule has 3 aromatic rings. The van der Waals surface area contributed by atoms with E-state index in [1.807, 2.05) is 6.92 Å². The zero-order valence-corrected chi connectivity index (χ0v) is 17.7. The number of benzene rings is 2. The first-order valence-corrected chi connectivity index (χ1v) is 11.3. The first-order valence-electron chi connectivity index (χ1n) is 9.87. The molecular weight excluding hydrogens is 425 g/mol. The lowest BCUT2D eigenvalue weighted by Crippen LogP contribution is -2.39. The Morgan fingerprint density at radius 3 is 2.90 bits per heavy atom. The smallest absolute Gasteiger partial charge is 0.265 e. The highest BCUT2D eigenvalue weighted by atomic mass is 32.2. The lowest BCUT2D eigenvalue weighted by molar-refractivity contribution is -0.121. The molecule has 0 bridgehead atoms. The van der Waals surface area contributed by atoms with Crippen molar-refractivity contribution in [2.24, 2.45) is 5.92 Å². The van der Waals surface area contributed by atoms with Crippen molar-refractivity contribution in [2.45, 2.75) is 24.7 Å². The number of piperidine rings is 1. The number of amides is 1. The molecule has 1 atom stereocenters. The molecule has 0 spiro atoms. The van der Waals surface area contributed by atoms with Gasteiger partial charge in [0, 0.05) is 18.8 Å². The molecule has 31 heavy (non-hydrogen) atoms. The van der Waals surface area contributed by atoms with E-state index in [9.17, 15) is 17.6 Å². The van der Waals surface area contributed by atoms with Gasteiger partial charge >= 0.3 is 0 Å². The van der Waals surface area contributed by atoms with E-state index in [0.29, 0.717) is 35.7 Å². The van der Waals surface area contributed by atoms with Crippen LogP contribution >= 0.6 is 0 Å². The van der Waals surface area contributed by atoms with Gasteiger partial charge in [0.2, 0.25) is 10.0 Å². The van der Waals surface area contributed by atoms with Gasteiger partial charge in [-0.1, -0.05) is 17.8 Å². The lowest BCUT2D eigenvalue weighted by Gasteiger charge is -2.30. The van der Waals surface area contributed by atoms with Crippen molar-refractivity contribution in [3.8, 4) is 0 Å². The van der Waals surface area contributed by atoms with E-state index in [4.69, 9.17) is 4.84 Å². The van der Waals surface area contributed by atoms with Crippen molar-refractivity contribution in [2.75, 3.05) is 25.0 Å². The third-order valence-corrected chi connectivity index (χ3v) is 6.93. The third-order valence-electron chi connectivity index (χ3n) is 5.07. The van der Waals surface area contributed by atoms with Crippen LogP contribution in [0.15, 0.2) is 47.4 Å². The van der Waals surface area contributed by atoms with Gasteiger partial charge < -0.3 is 10.2 Å². The van der Waals surface area contributed by atoms with Crippen LogP contribution in [0.1, 0.15) is 19.8 Å². The summed E-state index contributed by atoms with van der Waals surface area (Å²) in [5, 5.41) is 10.3. The second kappa shape index (κ2) is 8.60. The normalized spacial score (nSPS) is 17.5. The second-order valence-electron chi connectivity index (χ2n) is 7.56. The summed E-state index contributed by atoms with van der Waals surface area (Å²) in [6.07, 6.45) is 1.83. The van der Waals surface area contributed by atoms with Crippen LogP contribution in [0.3, 0.4) is 0 Å². The number of hydrogen-bond donors (Lipinski definition) is 1. The number of carbonyl (C=O) groups is 1. The number of hydrogen-bond acceptors (Lipinski definition) is 6. The van der Waals surface area contributed by atoms with E-state index in [0.717, 1.165) is 17.7 Å². The summed E-state index contributed by atoms with van der Waals surface area (Å²) in [5.41, 5.74) is 1.04. The zero-order valence-electron chi connectivity index (χ0n) is 16.9. The number of rotatable bonds is 6. The number of halogens is 1. The summed E-state index contributed by atoms with van der Waals surface area (Å²) >= 11 is 0. The van der Waals surface area contributed by atoms with Crippen LogP contribution in [-0.2, 0) is 14.8 Å². The third kappa shape index (κ3) is 4.67. The fourth-order valence-corrected chi connectivity index (χ4v) is 5.15. The number of carbonyl (C=O) groups excluding carboxylic acids is 1. The second-order valence-corrected chi connectivity index (χ2v) is 9.49. The molecule has 4 rings (SSSR count). The summed E-state index contributed by atoms with van der Waals surface area (Å²) in [6.45, 7) is 2.58. The molecule has 11 heteroatoms. The number of nitrogens with one attached hydrogen (secondary N) is 1. The molecule has 1 aromatic heterocycles. The molecule has 0 saturated carbocycles. The van der Waals surface area contributed by atoms with Crippen molar-refractivity contribution in [3.63, 3.8) is 0 Å². The maximum Gasteiger partial charge on any atom is 0.265 e. The number of sulfonamides is 1. The fraction of sp³-hybridized carbons (Fsp3) is 0.350. The van der Waals surface area contributed by atoms with Crippen LogP contribution in [0.5, 0.6) is 0 Å². The maximum absolute atomic E-state index is 13.2. The molecule has 1 fully saturated rings. The van der Waals surface area contributed by atoms with Gasteiger partial charge in [0.05, 0.1) is 4.90 Å². The summed E-state index contributed by atoms with van der Waals surface area (Å²) in [6, 6.07) is 9.95. The predicted octanol–water partition coefficient (Wildman–Crippen LogP) is 2.06. The van der Waals surface area contributed by atoms with Crippen LogP contribution in [-0.4, -0.2) is 53.5 Å². The van der Waals surface area contributed by atoms with Crippen LogP contribution in [0.2, 0.25) is 0 Å². The molecular formula is C20H22FN5O4S. The summed E-state index contributed by atoms with van der Waals surface area (Å²) in [5.74, 6) is -0.697. The van der Waals surface area contributed by atoms with E-state index >= 15 is 0 Å². The predicted molar refractivity (Wildman–Crippen MR) is 111 cm³/mol. The van der Waals surface area contributed by atoms with Crippen LogP contribution in [0.4, 0.5) is 10.1 Å². The molecule has 1 N–H and O–H groups in total. The highest BCUT2D eigenvalue weighted by Crippen LogP contribution is 2.25. The minimum Gasteiger partial charge on any atom is -0.385 e. The molecule has 1 amide bonds. The van der Waals surface area contributed by atoms with E-state index in [1.165, 1.54) is 34.6 Å². The molecule has 1 aliphatic heterocycles. The average molecular weight is 447 g/mol. The topological polar surface area (TPSA) is 106 Å². The Morgan fingerprint density at radius 2 is 2.13 bits per heavy atom. The van der Waals surface area contributed by atoms with E-state index in [2.05, 4.69) is 15.6 Å². The van der Waals surface area contributed by atoms with Gasteiger partial charge in [-0.3, -0.25) is 4.79 Å². The van der Waals surface area contributed by atoms with Gasteiger partial charge in [-0.2, -0.15) is 4.31 Å². The Bertz CT molecular complexity index is 1210. The molecule has 164 valence electrons. The van der Waals surface area contributed by atoms with Crippen LogP contribution in [0.25, 0.3) is 11.0 Å². The number of nitrogens with zero attached hydrogens (tertiary/aromatic N) is 4. The molecule has 2 aromatic carbocycles. The van der Waals surface area contributed by atoms with Gasteiger partial charge in [-0.05, 0) is 60.4 Å². The van der Waals surface area contributed by atoms with E-state index in [1.54, 1.807) is 12.1 Å². The minimum absolute atomic E-state index is 0.116. The Balaban J connectivity index is 1.50. The average Bonchev–Trinajstić information content (AvgIpc) is 3.14. The molecule has 1 unspecified atom stereocenters.